The molecule has 0 N–H and O–H groups in total. The zero-order valence-electron chi connectivity index (χ0n) is 28.8. The molecule has 0 unspecified atom stereocenters. The summed E-state index contributed by atoms with van der Waals surface area (Å²) in [5.41, 5.74) is 14.5. The Balaban J connectivity index is 1.29. The van der Waals surface area contributed by atoms with Gasteiger partial charge in [0.2, 0.25) is 0 Å². The van der Waals surface area contributed by atoms with Crippen LogP contribution < -0.4 is 0 Å². The van der Waals surface area contributed by atoms with Crippen LogP contribution in [0.5, 0.6) is 0 Å². The van der Waals surface area contributed by atoms with E-state index < -0.39 is 0 Å². The lowest BCUT2D eigenvalue weighted by atomic mass is 9.80. The van der Waals surface area contributed by atoms with E-state index in [1.807, 2.05) is 54.6 Å². The van der Waals surface area contributed by atoms with Gasteiger partial charge in [0.05, 0.1) is 33.9 Å². The molecule has 7 aromatic carbocycles. The van der Waals surface area contributed by atoms with Gasteiger partial charge in [0, 0.05) is 38.4 Å². The van der Waals surface area contributed by atoms with Crippen LogP contribution in [-0.4, -0.2) is 14.5 Å². The Morgan fingerprint density at radius 1 is 0.558 bits per heavy atom. The van der Waals surface area contributed by atoms with Crippen molar-refractivity contribution in [3.8, 4) is 56.7 Å². The molecule has 2 aromatic heterocycles. The second-order valence-electron chi connectivity index (χ2n) is 14.1. The van der Waals surface area contributed by atoms with E-state index in [2.05, 4.69) is 128 Å². The monoisotopic (exact) mass is 664 g/mol. The zero-order valence-corrected chi connectivity index (χ0v) is 28.8. The zero-order chi connectivity index (χ0) is 35.0. The van der Waals surface area contributed by atoms with Crippen molar-refractivity contribution in [2.24, 2.45) is 0 Å². The number of hydrogen-bond donors (Lipinski definition) is 0. The van der Waals surface area contributed by atoms with Gasteiger partial charge >= 0.3 is 0 Å². The number of rotatable bonds is 4. The van der Waals surface area contributed by atoms with Gasteiger partial charge in [-0.05, 0) is 75.8 Å². The van der Waals surface area contributed by atoms with Crippen molar-refractivity contribution in [1.29, 1.82) is 5.26 Å². The molecular weight excluding hydrogens is 633 g/mol. The Hall–Kier alpha value is -6.83. The van der Waals surface area contributed by atoms with Crippen LogP contribution in [0.25, 0.3) is 83.3 Å². The number of aromatic nitrogens is 3. The molecule has 0 aliphatic heterocycles. The van der Waals surface area contributed by atoms with Crippen molar-refractivity contribution < 1.29 is 0 Å². The molecule has 4 nitrogen and oxygen atoms in total. The minimum Gasteiger partial charge on any atom is -0.309 e. The summed E-state index contributed by atoms with van der Waals surface area (Å²) in [5.74, 6) is 0.633. The number of fused-ring (bicyclic) bond motifs is 8. The summed E-state index contributed by atoms with van der Waals surface area (Å²) in [5, 5.41) is 13.7. The molecule has 52 heavy (non-hydrogen) atoms. The quantitative estimate of drug-likeness (QED) is 0.188. The summed E-state index contributed by atoms with van der Waals surface area (Å²) >= 11 is 0. The van der Waals surface area contributed by atoms with Crippen LogP contribution in [0.15, 0.2) is 158 Å². The molecule has 1 aliphatic carbocycles. The van der Waals surface area contributed by atoms with E-state index in [-0.39, 0.29) is 5.41 Å². The van der Waals surface area contributed by atoms with Crippen LogP contribution in [0, 0.1) is 11.3 Å². The summed E-state index contributed by atoms with van der Waals surface area (Å²) in [6.45, 7) is 4.70. The third-order valence-electron chi connectivity index (χ3n) is 10.8. The van der Waals surface area contributed by atoms with Gasteiger partial charge in [0.15, 0.2) is 5.82 Å². The maximum absolute atomic E-state index is 10.2. The summed E-state index contributed by atoms with van der Waals surface area (Å²) in [6.07, 6.45) is 0. The van der Waals surface area contributed by atoms with Crippen LogP contribution in [0.1, 0.15) is 30.5 Å². The van der Waals surface area contributed by atoms with Crippen LogP contribution in [0.4, 0.5) is 0 Å². The highest BCUT2D eigenvalue weighted by Crippen LogP contribution is 2.53. The minimum atomic E-state index is -0.175. The molecule has 0 bridgehead atoms. The van der Waals surface area contributed by atoms with Crippen molar-refractivity contribution >= 4 is 32.7 Å². The summed E-state index contributed by atoms with van der Waals surface area (Å²) in [7, 11) is 0. The van der Waals surface area contributed by atoms with Crippen molar-refractivity contribution in [1.82, 2.24) is 14.5 Å². The first-order valence-electron chi connectivity index (χ1n) is 17.7. The standard InChI is InChI=1S/C48H32N4/c1-48(2)40-21-11-8-18-36(40)37-24-25-43-44(45(37)48)39-20-10-13-23-42(39)52(43)34-27-32(35-17-7-6-16-31(35)29-49)26-33(28-34)47-50-41-22-12-9-19-38(41)46(51-47)30-14-4-3-5-15-30/h3-28H,1-2H3. The largest absolute Gasteiger partial charge is 0.309 e. The lowest BCUT2D eigenvalue weighted by molar-refractivity contribution is 0.666. The molecular formula is C48H32N4. The SMILES string of the molecule is CC1(C)c2ccccc2-c2ccc3c(c21)c1ccccc1n3-c1cc(-c2nc(-c3ccccc3)c3ccccc3n2)cc(-c2ccccc2C#N)c1. The smallest absolute Gasteiger partial charge is 0.160 e. The van der Waals surface area contributed by atoms with Crippen molar-refractivity contribution in [2.75, 3.05) is 0 Å². The molecule has 0 amide bonds. The first-order chi connectivity index (χ1) is 25.5. The normalized spacial score (nSPS) is 12.9. The summed E-state index contributed by atoms with van der Waals surface area (Å²) in [4.78, 5) is 10.4. The lowest BCUT2D eigenvalue weighted by Crippen LogP contribution is -2.15. The van der Waals surface area contributed by atoms with Gasteiger partial charge in [0.1, 0.15) is 0 Å². The van der Waals surface area contributed by atoms with Crippen LogP contribution in [0.2, 0.25) is 0 Å². The van der Waals surface area contributed by atoms with Gasteiger partial charge in [-0.3, -0.25) is 0 Å². The van der Waals surface area contributed by atoms with Crippen LogP contribution in [-0.2, 0) is 5.41 Å². The van der Waals surface area contributed by atoms with Gasteiger partial charge in [0.25, 0.3) is 0 Å². The molecule has 0 saturated heterocycles. The highest BCUT2D eigenvalue weighted by atomic mass is 15.0. The maximum atomic E-state index is 10.2. The van der Waals surface area contributed by atoms with Gasteiger partial charge in [-0.25, -0.2) is 9.97 Å². The number of nitrogens with zero attached hydrogens (tertiary/aromatic N) is 4. The summed E-state index contributed by atoms with van der Waals surface area (Å²) < 4.78 is 2.38. The van der Waals surface area contributed by atoms with Crippen molar-refractivity contribution in [3.05, 3.63) is 174 Å². The number of benzene rings is 7. The van der Waals surface area contributed by atoms with E-state index in [1.165, 1.54) is 33.0 Å². The van der Waals surface area contributed by atoms with Gasteiger partial charge in [-0.2, -0.15) is 5.26 Å². The molecule has 2 heterocycles. The maximum Gasteiger partial charge on any atom is 0.160 e. The van der Waals surface area contributed by atoms with E-state index in [0.717, 1.165) is 55.6 Å². The van der Waals surface area contributed by atoms with E-state index in [1.54, 1.807) is 0 Å². The summed E-state index contributed by atoms with van der Waals surface area (Å²) in [6, 6.07) is 57.4. The minimum absolute atomic E-state index is 0.175. The fraction of sp³-hybridized carbons (Fsp3) is 0.0625. The predicted octanol–water partition coefficient (Wildman–Crippen LogP) is 11.9. The molecule has 9 aromatic rings. The Morgan fingerprint density at radius 2 is 1.25 bits per heavy atom. The number of nitriles is 1. The van der Waals surface area contributed by atoms with E-state index in [9.17, 15) is 5.26 Å². The average Bonchev–Trinajstić information content (AvgIpc) is 3.66. The molecule has 1 aliphatic rings. The first kappa shape index (κ1) is 30.0. The fourth-order valence-corrected chi connectivity index (χ4v) is 8.49. The van der Waals surface area contributed by atoms with E-state index >= 15 is 0 Å². The lowest BCUT2D eigenvalue weighted by Gasteiger charge is -2.22. The highest BCUT2D eigenvalue weighted by molar-refractivity contribution is 6.14. The topological polar surface area (TPSA) is 54.5 Å². The highest BCUT2D eigenvalue weighted by Gasteiger charge is 2.38. The predicted molar refractivity (Wildman–Crippen MR) is 212 cm³/mol. The van der Waals surface area contributed by atoms with Crippen molar-refractivity contribution in [3.63, 3.8) is 0 Å². The number of para-hydroxylation sites is 2. The Labute approximate surface area is 301 Å². The Kier molecular flexibility index (Phi) is 6.55. The van der Waals surface area contributed by atoms with Gasteiger partial charge < -0.3 is 4.57 Å². The Bertz CT molecular complexity index is 2940. The second kappa shape index (κ2) is 11.3. The molecule has 0 atom stereocenters. The number of hydrogen-bond acceptors (Lipinski definition) is 3. The Morgan fingerprint density at radius 3 is 2.10 bits per heavy atom. The molecule has 10 rings (SSSR count). The van der Waals surface area contributed by atoms with Crippen LogP contribution in [0.3, 0.4) is 0 Å². The first-order valence-corrected chi connectivity index (χ1v) is 17.7. The molecule has 4 heteroatoms. The third-order valence-corrected chi connectivity index (χ3v) is 10.8. The molecule has 244 valence electrons. The van der Waals surface area contributed by atoms with Gasteiger partial charge in [-0.1, -0.05) is 129 Å². The van der Waals surface area contributed by atoms with Crippen LogP contribution >= 0.6 is 0 Å². The fourth-order valence-electron chi connectivity index (χ4n) is 8.49. The molecule has 0 radical (unpaired) electrons. The molecule has 0 spiro atoms. The second-order valence-corrected chi connectivity index (χ2v) is 14.1. The third kappa shape index (κ3) is 4.39. The van der Waals surface area contributed by atoms with Crippen molar-refractivity contribution in [2.45, 2.75) is 19.3 Å². The van der Waals surface area contributed by atoms with Gasteiger partial charge in [-0.15, -0.1) is 0 Å². The average molecular weight is 665 g/mol. The molecule has 0 saturated carbocycles. The van der Waals surface area contributed by atoms with E-state index in [4.69, 9.17) is 9.97 Å². The molecule has 0 fully saturated rings. The van der Waals surface area contributed by atoms with E-state index in [0.29, 0.717) is 11.4 Å².